The van der Waals surface area contributed by atoms with E-state index in [1.165, 1.54) is 6.42 Å². The first kappa shape index (κ1) is 27.5. The van der Waals surface area contributed by atoms with Crippen LogP contribution in [0.1, 0.15) is 55.7 Å². The molecule has 1 saturated heterocycles. The summed E-state index contributed by atoms with van der Waals surface area (Å²) in [5.41, 5.74) is 5.53. The van der Waals surface area contributed by atoms with E-state index in [1.807, 2.05) is 42.6 Å². The van der Waals surface area contributed by atoms with Crippen LogP contribution in [-0.2, 0) is 17.8 Å². The van der Waals surface area contributed by atoms with Gasteiger partial charge in [0.25, 0.3) is 0 Å². The van der Waals surface area contributed by atoms with Crippen molar-refractivity contribution in [3.63, 3.8) is 0 Å². The highest BCUT2D eigenvalue weighted by Crippen LogP contribution is 2.31. The number of Topliss-reactive ketones (excluding diaryl/α,β-unsaturated/α-hetero) is 1. The molecule has 5 aromatic rings. The van der Waals surface area contributed by atoms with Gasteiger partial charge >= 0.3 is 0 Å². The monoisotopic (exact) mass is 563 g/mol. The number of carbonyl (C=O) groups is 1. The van der Waals surface area contributed by atoms with Gasteiger partial charge in [0.2, 0.25) is 11.9 Å². The van der Waals surface area contributed by atoms with E-state index in [4.69, 9.17) is 15.0 Å². The summed E-state index contributed by atoms with van der Waals surface area (Å²) in [7, 11) is 0. The first-order valence-corrected chi connectivity index (χ1v) is 14.5. The van der Waals surface area contributed by atoms with Crippen molar-refractivity contribution in [1.29, 1.82) is 0 Å². The van der Waals surface area contributed by atoms with E-state index in [2.05, 4.69) is 47.9 Å². The van der Waals surface area contributed by atoms with Crippen molar-refractivity contribution >= 4 is 34.1 Å². The summed E-state index contributed by atoms with van der Waals surface area (Å²) in [5, 5.41) is 10.1. The molecule has 0 radical (unpaired) electrons. The van der Waals surface area contributed by atoms with E-state index >= 15 is 0 Å². The van der Waals surface area contributed by atoms with Crippen LogP contribution in [0, 0.1) is 0 Å². The Labute approximate surface area is 244 Å². The van der Waals surface area contributed by atoms with Gasteiger partial charge in [-0.1, -0.05) is 62.9 Å². The Morgan fingerprint density at radius 3 is 2.67 bits per heavy atom. The third kappa shape index (κ3) is 5.46. The Balaban J connectivity index is 1.34. The second kappa shape index (κ2) is 11.7. The molecule has 0 atom stereocenters. The van der Waals surface area contributed by atoms with Crippen LogP contribution in [0.25, 0.3) is 27.7 Å². The van der Waals surface area contributed by atoms with Gasteiger partial charge in [-0.25, -0.2) is 4.39 Å². The normalized spacial score (nSPS) is 13.7. The van der Waals surface area contributed by atoms with E-state index in [0.717, 1.165) is 76.2 Å². The van der Waals surface area contributed by atoms with Crippen molar-refractivity contribution in [1.82, 2.24) is 24.6 Å². The van der Waals surface area contributed by atoms with Crippen LogP contribution in [0.4, 0.5) is 16.3 Å². The number of nitrogens with zero attached hydrogens (tertiary/aromatic N) is 6. The van der Waals surface area contributed by atoms with Gasteiger partial charge < -0.3 is 10.2 Å². The van der Waals surface area contributed by atoms with E-state index in [1.54, 1.807) is 10.7 Å². The lowest BCUT2D eigenvalue weighted by Gasteiger charge is -2.27. The summed E-state index contributed by atoms with van der Waals surface area (Å²) in [6.07, 6.45) is 7.14. The minimum atomic E-state index is -0.925. The number of piperidine rings is 1. The summed E-state index contributed by atoms with van der Waals surface area (Å²) in [4.78, 5) is 28.8. The molecule has 1 aliphatic heterocycles. The Morgan fingerprint density at radius 2 is 1.88 bits per heavy atom. The zero-order valence-electron chi connectivity index (χ0n) is 24.0. The molecule has 1 aliphatic rings. The Kier molecular flexibility index (Phi) is 7.65. The number of benzene rings is 2. The third-order valence-corrected chi connectivity index (χ3v) is 7.85. The lowest BCUT2D eigenvalue weighted by Crippen LogP contribution is -2.31. The van der Waals surface area contributed by atoms with Crippen LogP contribution in [-0.4, -0.2) is 43.4 Å². The first-order chi connectivity index (χ1) is 20.4. The van der Waals surface area contributed by atoms with Gasteiger partial charge in [0.15, 0.2) is 17.3 Å². The molecule has 42 heavy (non-hydrogen) atoms. The van der Waals surface area contributed by atoms with Crippen LogP contribution in [0.5, 0.6) is 0 Å². The summed E-state index contributed by atoms with van der Waals surface area (Å²) in [5.74, 6) is 0.136. The third-order valence-electron chi connectivity index (χ3n) is 7.85. The summed E-state index contributed by atoms with van der Waals surface area (Å²) >= 11 is 0. The van der Waals surface area contributed by atoms with Crippen LogP contribution < -0.4 is 10.2 Å². The Morgan fingerprint density at radius 1 is 1.07 bits per heavy atom. The molecule has 1 N–H and O–H groups in total. The standard InChI is InChI=1S/C33H34FN7O/c1-21(2)28-20-37-41-31(28)38-33(40-15-7-4-8-16-40)39-32(41)36-19-25-9-5-6-10-26(25)30-27-12-11-23(18-29(42)22(3)34)17-24(27)13-14-35-30/h5-6,9-14,17,20-21H,3-4,7-8,15-16,18-19H2,1-2H3,(H,36,38,39). The summed E-state index contributed by atoms with van der Waals surface area (Å²) < 4.78 is 15.1. The number of nitrogens with one attached hydrogen (secondary N) is 1. The van der Waals surface area contributed by atoms with E-state index in [-0.39, 0.29) is 12.3 Å². The maximum Gasteiger partial charge on any atom is 0.230 e. The average Bonchev–Trinajstić information content (AvgIpc) is 3.45. The molecular formula is C33H34FN7O. The number of hydrogen-bond acceptors (Lipinski definition) is 7. The fraction of sp³-hybridized carbons (Fsp3) is 0.303. The lowest BCUT2D eigenvalue weighted by molar-refractivity contribution is -0.116. The van der Waals surface area contributed by atoms with Gasteiger partial charge in [-0.05, 0) is 47.8 Å². The zero-order chi connectivity index (χ0) is 29.2. The maximum absolute atomic E-state index is 13.3. The quantitative estimate of drug-likeness (QED) is 0.201. The van der Waals surface area contributed by atoms with Crippen molar-refractivity contribution in [3.05, 3.63) is 90.0 Å². The van der Waals surface area contributed by atoms with Gasteiger partial charge in [-0.3, -0.25) is 9.78 Å². The highest BCUT2D eigenvalue weighted by atomic mass is 19.1. The second-order valence-corrected chi connectivity index (χ2v) is 11.1. The lowest BCUT2D eigenvalue weighted by atomic mass is 9.97. The van der Waals surface area contributed by atoms with Crippen molar-refractivity contribution in [2.75, 3.05) is 23.3 Å². The van der Waals surface area contributed by atoms with Crippen molar-refractivity contribution < 1.29 is 9.18 Å². The number of hydrogen-bond donors (Lipinski definition) is 1. The van der Waals surface area contributed by atoms with Crippen molar-refractivity contribution in [3.8, 4) is 11.3 Å². The number of anilines is 2. The largest absolute Gasteiger partial charge is 0.350 e. The number of halogens is 1. The SMILES string of the molecule is C=C(F)C(=O)Cc1ccc2c(-c3ccccc3CNc3nc(N4CCCCC4)nc4c(C(C)C)cnn34)nccc2c1. The average molecular weight is 564 g/mol. The van der Waals surface area contributed by atoms with Crippen LogP contribution in [0.2, 0.25) is 0 Å². The van der Waals surface area contributed by atoms with E-state index in [0.29, 0.717) is 12.5 Å². The van der Waals surface area contributed by atoms with Gasteiger partial charge in [-0.2, -0.15) is 19.6 Å². The molecule has 1 fully saturated rings. The number of ketones is 1. The molecule has 3 aromatic heterocycles. The predicted molar refractivity (Wildman–Crippen MR) is 164 cm³/mol. The minimum absolute atomic E-state index is 0.0256. The van der Waals surface area contributed by atoms with Gasteiger partial charge in [0.05, 0.1) is 11.9 Å². The van der Waals surface area contributed by atoms with Gasteiger partial charge in [0, 0.05) is 48.8 Å². The summed E-state index contributed by atoms with van der Waals surface area (Å²) in [6, 6.07) is 15.8. The topological polar surface area (TPSA) is 88.3 Å². The van der Waals surface area contributed by atoms with E-state index < -0.39 is 11.6 Å². The second-order valence-electron chi connectivity index (χ2n) is 11.1. The first-order valence-electron chi connectivity index (χ1n) is 14.5. The minimum Gasteiger partial charge on any atom is -0.350 e. The Hall–Kier alpha value is -4.66. The number of pyridine rings is 1. The van der Waals surface area contributed by atoms with Crippen molar-refractivity contribution in [2.24, 2.45) is 0 Å². The smallest absolute Gasteiger partial charge is 0.230 e. The molecular weight excluding hydrogens is 529 g/mol. The molecule has 6 rings (SSSR count). The number of allylic oxidation sites excluding steroid dienone is 1. The predicted octanol–water partition coefficient (Wildman–Crippen LogP) is 6.66. The fourth-order valence-electron chi connectivity index (χ4n) is 5.55. The molecule has 8 nitrogen and oxygen atoms in total. The molecule has 0 spiro atoms. The van der Waals surface area contributed by atoms with Crippen LogP contribution >= 0.6 is 0 Å². The molecule has 0 saturated carbocycles. The van der Waals surface area contributed by atoms with Crippen molar-refractivity contribution in [2.45, 2.75) is 52.0 Å². The maximum atomic E-state index is 13.3. The highest BCUT2D eigenvalue weighted by Gasteiger charge is 2.20. The summed E-state index contributed by atoms with van der Waals surface area (Å²) in [6.45, 7) is 9.83. The fourth-order valence-corrected chi connectivity index (χ4v) is 5.55. The zero-order valence-corrected chi connectivity index (χ0v) is 24.0. The van der Waals surface area contributed by atoms with E-state index in [9.17, 15) is 9.18 Å². The molecule has 0 bridgehead atoms. The highest BCUT2D eigenvalue weighted by molar-refractivity contribution is 5.98. The molecule has 2 aromatic carbocycles. The molecule has 0 amide bonds. The molecule has 9 heteroatoms. The molecule has 214 valence electrons. The van der Waals surface area contributed by atoms with Crippen LogP contribution in [0.15, 0.2) is 73.3 Å². The molecule has 0 unspecified atom stereocenters. The van der Waals surface area contributed by atoms with Crippen LogP contribution in [0.3, 0.4) is 0 Å². The molecule has 4 heterocycles. The Bertz CT molecular complexity index is 1790. The van der Waals surface area contributed by atoms with Gasteiger partial charge in [-0.15, -0.1) is 0 Å². The number of fused-ring (bicyclic) bond motifs is 2. The van der Waals surface area contributed by atoms with Gasteiger partial charge in [0.1, 0.15) is 0 Å². The number of rotatable bonds is 9. The number of carbonyl (C=O) groups excluding carboxylic acids is 1. The molecule has 0 aliphatic carbocycles. The number of aromatic nitrogens is 5.